The molecule has 0 unspecified atom stereocenters. The van der Waals surface area contributed by atoms with E-state index in [4.69, 9.17) is 4.74 Å². The zero-order valence-electron chi connectivity index (χ0n) is 12.3. The third kappa shape index (κ3) is 4.89. The summed E-state index contributed by atoms with van der Waals surface area (Å²) in [4.78, 5) is 16.2. The maximum absolute atomic E-state index is 12.0. The summed E-state index contributed by atoms with van der Waals surface area (Å²) < 4.78 is 6.05. The van der Waals surface area contributed by atoms with Crippen LogP contribution in [0.3, 0.4) is 0 Å². The van der Waals surface area contributed by atoms with Gasteiger partial charge >= 0.3 is 6.03 Å². The van der Waals surface area contributed by atoms with Gasteiger partial charge in [-0.2, -0.15) is 0 Å². The van der Waals surface area contributed by atoms with Gasteiger partial charge in [0.25, 0.3) is 0 Å². The molecule has 6 heteroatoms. The minimum Gasteiger partial charge on any atom is -0.385 e. The van der Waals surface area contributed by atoms with Gasteiger partial charge in [0, 0.05) is 56.6 Å². The molecule has 1 aromatic rings. The molecule has 0 aliphatic carbocycles. The Balaban J connectivity index is 1.76. The predicted octanol–water partition coefficient (Wildman–Crippen LogP) is 2.32. The molecule has 116 valence electrons. The highest BCUT2D eigenvalue weighted by molar-refractivity contribution is 9.10. The van der Waals surface area contributed by atoms with Crippen LogP contribution in [0.25, 0.3) is 0 Å². The Labute approximate surface area is 134 Å². The first-order valence-electron chi connectivity index (χ1n) is 7.23. The summed E-state index contributed by atoms with van der Waals surface area (Å²) in [6.07, 6.45) is 0.847. The molecule has 1 saturated heterocycles. The van der Waals surface area contributed by atoms with Gasteiger partial charge in [0.05, 0.1) is 0 Å². The Morgan fingerprint density at radius 3 is 2.76 bits per heavy atom. The number of anilines is 1. The molecular formula is C15H22BrN3O2. The maximum Gasteiger partial charge on any atom is 0.317 e. The molecule has 1 aliphatic rings. The minimum absolute atomic E-state index is 0.0278. The Hall–Kier alpha value is -1.27. The molecule has 0 saturated carbocycles. The van der Waals surface area contributed by atoms with Crippen LogP contribution in [-0.4, -0.2) is 57.4 Å². The second-order valence-electron chi connectivity index (χ2n) is 5.03. The van der Waals surface area contributed by atoms with Crippen molar-refractivity contribution in [3.05, 3.63) is 28.7 Å². The molecule has 0 radical (unpaired) electrons. The van der Waals surface area contributed by atoms with E-state index >= 15 is 0 Å². The van der Waals surface area contributed by atoms with Crippen LogP contribution < -0.4 is 10.2 Å². The van der Waals surface area contributed by atoms with Crippen LogP contribution in [0.4, 0.5) is 10.5 Å². The van der Waals surface area contributed by atoms with Gasteiger partial charge in [-0.3, -0.25) is 0 Å². The van der Waals surface area contributed by atoms with E-state index in [2.05, 4.69) is 38.3 Å². The second kappa shape index (κ2) is 8.24. The summed E-state index contributed by atoms with van der Waals surface area (Å²) in [5.41, 5.74) is 1.20. The molecule has 1 N–H and O–H groups in total. The second-order valence-corrected chi connectivity index (χ2v) is 5.95. The number of methoxy groups -OCH3 is 1. The number of amides is 2. The average molecular weight is 356 g/mol. The number of ether oxygens (including phenoxy) is 1. The van der Waals surface area contributed by atoms with Gasteiger partial charge in [0.1, 0.15) is 0 Å². The Morgan fingerprint density at radius 2 is 2.10 bits per heavy atom. The quantitative estimate of drug-likeness (QED) is 0.824. The maximum atomic E-state index is 12.0. The zero-order chi connectivity index (χ0) is 15.1. The molecule has 5 nitrogen and oxygen atoms in total. The van der Waals surface area contributed by atoms with E-state index < -0.39 is 0 Å². The monoisotopic (exact) mass is 355 g/mol. The van der Waals surface area contributed by atoms with Gasteiger partial charge in [-0.1, -0.05) is 22.0 Å². The number of nitrogens with zero attached hydrogens (tertiary/aromatic N) is 2. The van der Waals surface area contributed by atoms with Crippen molar-refractivity contribution in [2.45, 2.75) is 6.42 Å². The first-order chi connectivity index (χ1) is 10.2. The highest BCUT2D eigenvalue weighted by Gasteiger charge is 2.20. The molecular weight excluding hydrogens is 334 g/mol. The van der Waals surface area contributed by atoms with Crippen molar-refractivity contribution in [1.29, 1.82) is 0 Å². The summed E-state index contributed by atoms with van der Waals surface area (Å²) in [6.45, 7) is 4.57. The van der Waals surface area contributed by atoms with Crippen LogP contribution in [0.15, 0.2) is 28.7 Å². The topological polar surface area (TPSA) is 44.8 Å². The number of halogens is 1. The lowest BCUT2D eigenvalue weighted by Crippen LogP contribution is -2.52. The zero-order valence-corrected chi connectivity index (χ0v) is 13.9. The number of hydrogen-bond acceptors (Lipinski definition) is 3. The number of benzene rings is 1. The minimum atomic E-state index is 0.0278. The van der Waals surface area contributed by atoms with Crippen LogP contribution in [0.5, 0.6) is 0 Å². The molecule has 2 rings (SSSR count). The van der Waals surface area contributed by atoms with Crippen molar-refractivity contribution in [3.8, 4) is 0 Å². The summed E-state index contributed by atoms with van der Waals surface area (Å²) in [5, 5.41) is 2.93. The van der Waals surface area contributed by atoms with Gasteiger partial charge in [-0.05, 0) is 24.6 Å². The molecule has 1 aromatic carbocycles. The molecule has 0 atom stereocenters. The van der Waals surface area contributed by atoms with Crippen molar-refractivity contribution in [2.75, 3.05) is 51.3 Å². The largest absolute Gasteiger partial charge is 0.385 e. The molecule has 1 fully saturated rings. The molecule has 21 heavy (non-hydrogen) atoms. The number of carbonyl (C=O) groups is 1. The number of hydrogen-bond donors (Lipinski definition) is 1. The fourth-order valence-electron chi connectivity index (χ4n) is 2.36. The number of carbonyl (C=O) groups excluding carboxylic acids is 1. The van der Waals surface area contributed by atoms with Gasteiger partial charge in [-0.15, -0.1) is 0 Å². The molecule has 0 aromatic heterocycles. The van der Waals surface area contributed by atoms with Crippen molar-refractivity contribution in [2.24, 2.45) is 0 Å². The van der Waals surface area contributed by atoms with Gasteiger partial charge in [0.2, 0.25) is 0 Å². The van der Waals surface area contributed by atoms with Crippen LogP contribution in [0.2, 0.25) is 0 Å². The fourth-order valence-corrected chi connectivity index (χ4v) is 2.75. The van der Waals surface area contributed by atoms with Gasteiger partial charge in [0.15, 0.2) is 0 Å². The first-order valence-corrected chi connectivity index (χ1v) is 8.02. The summed E-state index contributed by atoms with van der Waals surface area (Å²) in [5.74, 6) is 0. The Bertz CT molecular complexity index is 462. The van der Waals surface area contributed by atoms with Crippen LogP contribution in [-0.2, 0) is 4.74 Å². The number of nitrogens with one attached hydrogen (secondary N) is 1. The van der Waals surface area contributed by atoms with E-state index in [1.54, 1.807) is 7.11 Å². The highest BCUT2D eigenvalue weighted by atomic mass is 79.9. The first kappa shape index (κ1) is 16.1. The molecule has 0 bridgehead atoms. The van der Waals surface area contributed by atoms with E-state index in [1.807, 2.05) is 17.0 Å². The van der Waals surface area contributed by atoms with Crippen molar-refractivity contribution >= 4 is 27.6 Å². The molecule has 2 amide bonds. The standard InChI is InChI=1S/C15H22BrN3O2/c1-21-11-3-6-17-15(20)19-9-7-18(8-10-19)14-5-2-4-13(16)12-14/h2,4-5,12H,3,6-11H2,1H3,(H,17,20). The van der Waals surface area contributed by atoms with Gasteiger partial charge in [-0.25, -0.2) is 4.79 Å². The average Bonchev–Trinajstić information content (AvgIpc) is 2.51. The SMILES string of the molecule is COCCCNC(=O)N1CCN(c2cccc(Br)c2)CC1. The van der Waals surface area contributed by atoms with Crippen LogP contribution in [0.1, 0.15) is 6.42 Å². The number of rotatable bonds is 5. The number of urea groups is 1. The van der Waals surface area contributed by atoms with E-state index in [9.17, 15) is 4.79 Å². The highest BCUT2D eigenvalue weighted by Crippen LogP contribution is 2.21. The lowest BCUT2D eigenvalue weighted by molar-refractivity contribution is 0.183. The van der Waals surface area contributed by atoms with Crippen molar-refractivity contribution < 1.29 is 9.53 Å². The third-order valence-electron chi connectivity index (χ3n) is 3.54. The fraction of sp³-hybridized carbons (Fsp3) is 0.533. The normalized spacial score (nSPS) is 15.1. The molecule has 1 aliphatic heterocycles. The van der Waals surface area contributed by atoms with Gasteiger partial charge < -0.3 is 19.9 Å². The summed E-state index contributed by atoms with van der Waals surface area (Å²) in [6, 6.07) is 8.30. The van der Waals surface area contributed by atoms with E-state index in [0.717, 1.165) is 37.1 Å². The molecule has 0 spiro atoms. The van der Waals surface area contributed by atoms with Crippen LogP contribution >= 0.6 is 15.9 Å². The predicted molar refractivity (Wildman–Crippen MR) is 87.8 cm³/mol. The smallest absolute Gasteiger partial charge is 0.317 e. The van der Waals surface area contributed by atoms with Crippen LogP contribution in [0, 0.1) is 0 Å². The Kier molecular flexibility index (Phi) is 6.32. The summed E-state index contributed by atoms with van der Waals surface area (Å²) >= 11 is 3.49. The molecule has 1 heterocycles. The lowest BCUT2D eigenvalue weighted by atomic mass is 10.2. The summed E-state index contributed by atoms with van der Waals surface area (Å²) in [7, 11) is 1.67. The third-order valence-corrected chi connectivity index (χ3v) is 4.03. The Morgan fingerprint density at radius 1 is 1.33 bits per heavy atom. The van der Waals surface area contributed by atoms with E-state index in [0.29, 0.717) is 13.2 Å². The number of piperazine rings is 1. The van der Waals surface area contributed by atoms with E-state index in [-0.39, 0.29) is 6.03 Å². The lowest BCUT2D eigenvalue weighted by Gasteiger charge is -2.36. The van der Waals surface area contributed by atoms with Crippen molar-refractivity contribution in [1.82, 2.24) is 10.2 Å². The van der Waals surface area contributed by atoms with Crippen molar-refractivity contribution in [3.63, 3.8) is 0 Å². The van der Waals surface area contributed by atoms with E-state index in [1.165, 1.54) is 5.69 Å².